The lowest BCUT2D eigenvalue weighted by Gasteiger charge is -2.39. The highest BCUT2D eigenvalue weighted by Gasteiger charge is 2.52. The zero-order valence-electron chi connectivity index (χ0n) is 49.5. The van der Waals surface area contributed by atoms with Crippen molar-refractivity contribution in [1.29, 1.82) is 0 Å². The minimum Gasteiger partial charge on any atom is -0.493 e. The fraction of sp³-hybridized carbons (Fsp3) is 0.484. The van der Waals surface area contributed by atoms with Crippen molar-refractivity contribution in [2.75, 3.05) is 70.4 Å². The molecule has 1 unspecified atom stereocenters. The quantitative estimate of drug-likeness (QED) is 0.0164. The Morgan fingerprint density at radius 3 is 2.08 bits per heavy atom. The number of nitrogens with zero attached hydrogens (tertiary/aromatic N) is 5. The molecule has 26 heteroatoms. The van der Waals surface area contributed by atoms with E-state index in [4.69, 9.17) is 29.4 Å². The summed E-state index contributed by atoms with van der Waals surface area (Å²) in [7, 11) is 2.94. The molecule has 5 aliphatic heterocycles. The minimum atomic E-state index is -1.56. The highest BCUT2D eigenvalue weighted by atomic mass is 32.1. The van der Waals surface area contributed by atoms with E-state index in [2.05, 4.69) is 52.0 Å². The van der Waals surface area contributed by atoms with E-state index in [1.54, 1.807) is 47.5 Å². The number of aliphatic hydroxyl groups is 1. The van der Waals surface area contributed by atoms with Gasteiger partial charge in [0, 0.05) is 63.2 Å². The molecule has 4 fully saturated rings. The SMILES string of the molecule is C=C1C[C@H]2C=Nc3cc(OCCCCCOc4cc5c(cc4OC)C(=O)N4CC(=C)C[C@H]4[C@H](O)N5C(=O)OCc4ccc(NC(=O)[C@H](CCCNC(N)=O)NC(=O)C5(C(=O)NCCCCCN6C(=O)CC(S)C6=O)CCC5)cc4)c(OC)cc3C(=O)N2C1. The molecule has 9 rings (SSSR count). The van der Waals surface area contributed by atoms with Crippen molar-refractivity contribution in [1.82, 2.24) is 30.7 Å². The first-order valence-electron chi connectivity index (χ1n) is 29.7. The van der Waals surface area contributed by atoms with Crippen LogP contribution in [0.25, 0.3) is 0 Å². The van der Waals surface area contributed by atoms with Gasteiger partial charge in [-0.3, -0.25) is 43.5 Å². The molecule has 3 aromatic rings. The van der Waals surface area contributed by atoms with Crippen molar-refractivity contribution < 1.29 is 71.9 Å². The number of hydrogen-bond donors (Lipinski definition) is 7. The fourth-order valence-corrected chi connectivity index (χ4v) is 12.0. The first-order chi connectivity index (χ1) is 42.3. The predicted molar refractivity (Wildman–Crippen MR) is 326 cm³/mol. The molecule has 3 aromatic carbocycles. The fourth-order valence-electron chi connectivity index (χ4n) is 11.7. The van der Waals surface area contributed by atoms with Crippen LogP contribution < -0.4 is 50.8 Å². The number of anilines is 2. The first-order valence-corrected chi connectivity index (χ1v) is 30.2. The van der Waals surface area contributed by atoms with Crippen LogP contribution in [0.1, 0.15) is 116 Å². The molecule has 0 bridgehead atoms. The largest absolute Gasteiger partial charge is 0.493 e. The molecule has 5 heterocycles. The Morgan fingerprint density at radius 2 is 1.42 bits per heavy atom. The van der Waals surface area contributed by atoms with Crippen LogP contribution >= 0.6 is 12.6 Å². The molecule has 25 nitrogen and oxygen atoms in total. The third-order valence-electron chi connectivity index (χ3n) is 16.7. The molecule has 6 aliphatic rings. The first kappa shape index (κ1) is 63.8. The van der Waals surface area contributed by atoms with Gasteiger partial charge in [-0.25, -0.2) is 14.5 Å². The van der Waals surface area contributed by atoms with Crippen molar-refractivity contribution in [2.45, 2.75) is 126 Å². The number of aliphatic imine (C=N–C) groups is 1. The zero-order chi connectivity index (χ0) is 62.8. The Bertz CT molecular complexity index is 3260. The summed E-state index contributed by atoms with van der Waals surface area (Å²) < 4.78 is 29.5. The molecule has 5 atom stereocenters. The van der Waals surface area contributed by atoms with Crippen LogP contribution in [0.3, 0.4) is 0 Å². The van der Waals surface area contributed by atoms with E-state index in [-0.39, 0.29) is 124 Å². The van der Waals surface area contributed by atoms with Gasteiger partial charge in [-0.05, 0) is 107 Å². The summed E-state index contributed by atoms with van der Waals surface area (Å²) >= 11 is 4.15. The summed E-state index contributed by atoms with van der Waals surface area (Å²) in [6.45, 7) is 9.63. The van der Waals surface area contributed by atoms with Crippen molar-refractivity contribution in [3.63, 3.8) is 0 Å². The van der Waals surface area contributed by atoms with Crippen molar-refractivity contribution >= 4 is 89.4 Å². The van der Waals surface area contributed by atoms with Crippen molar-refractivity contribution in [3.05, 3.63) is 89.5 Å². The van der Waals surface area contributed by atoms with Gasteiger partial charge in [-0.1, -0.05) is 42.9 Å². The average Bonchev–Trinajstić information content (AvgIpc) is 2.03. The van der Waals surface area contributed by atoms with Crippen LogP contribution in [0.15, 0.2) is 77.8 Å². The zero-order valence-corrected chi connectivity index (χ0v) is 50.4. The molecule has 0 radical (unpaired) electrons. The van der Waals surface area contributed by atoms with E-state index < -0.39 is 64.7 Å². The van der Waals surface area contributed by atoms with Gasteiger partial charge < -0.3 is 65.6 Å². The summed E-state index contributed by atoms with van der Waals surface area (Å²) in [6.07, 6.45) is 5.31. The van der Waals surface area contributed by atoms with E-state index in [0.717, 1.165) is 10.5 Å². The number of imide groups is 1. The second kappa shape index (κ2) is 28.5. The highest BCUT2D eigenvalue weighted by molar-refractivity contribution is 7.81. The number of amides is 10. The van der Waals surface area contributed by atoms with Gasteiger partial charge >= 0.3 is 12.1 Å². The number of unbranched alkanes of at least 4 members (excludes halogenated alkanes) is 4. The number of primary amides is 1. The van der Waals surface area contributed by atoms with Crippen molar-refractivity contribution in [3.8, 4) is 23.0 Å². The van der Waals surface area contributed by atoms with Crippen molar-refractivity contribution in [2.24, 2.45) is 16.1 Å². The number of ether oxygens (including phenoxy) is 5. The number of fused-ring (bicyclic) bond motifs is 4. The molecule has 470 valence electrons. The summed E-state index contributed by atoms with van der Waals surface area (Å²) in [4.78, 5) is 129. The molecule has 0 spiro atoms. The number of carbonyl (C=O) groups is 9. The third kappa shape index (κ3) is 14.3. The van der Waals surface area contributed by atoms with E-state index in [0.29, 0.717) is 104 Å². The number of benzene rings is 3. The number of aliphatic hydroxyl groups excluding tert-OH is 1. The molecular formula is C62H76N10O15S. The van der Waals surface area contributed by atoms with Gasteiger partial charge in [-0.2, -0.15) is 12.6 Å². The third-order valence-corrected chi connectivity index (χ3v) is 17.1. The molecule has 7 N–H and O–H groups in total. The summed E-state index contributed by atoms with van der Waals surface area (Å²) in [5, 5.41) is 22.3. The molecule has 10 amide bonds. The maximum Gasteiger partial charge on any atom is 0.416 e. The maximum atomic E-state index is 14.3. The van der Waals surface area contributed by atoms with Gasteiger partial charge in [0.05, 0.1) is 67.3 Å². The predicted octanol–water partition coefficient (Wildman–Crippen LogP) is 5.45. The highest BCUT2D eigenvalue weighted by Crippen LogP contribution is 2.44. The topological polar surface area (TPSA) is 319 Å². The van der Waals surface area contributed by atoms with Gasteiger partial charge in [0.15, 0.2) is 29.2 Å². The Balaban J connectivity index is 0.793. The Kier molecular flexibility index (Phi) is 20.6. The average molecular weight is 1230 g/mol. The summed E-state index contributed by atoms with van der Waals surface area (Å²) in [6, 6.07) is 9.81. The number of hydrogen-bond acceptors (Lipinski definition) is 17. The number of thiol groups is 1. The Labute approximate surface area is 515 Å². The number of likely N-dealkylation sites (tertiary alicyclic amines) is 1. The van der Waals surface area contributed by atoms with Crippen LogP contribution in [-0.2, 0) is 35.3 Å². The summed E-state index contributed by atoms with van der Waals surface area (Å²) in [5.41, 5.74) is 7.38. The van der Waals surface area contributed by atoms with E-state index >= 15 is 0 Å². The van der Waals surface area contributed by atoms with Gasteiger partial charge in [0.1, 0.15) is 18.1 Å². The number of nitrogens with two attached hydrogens (primary N) is 1. The molecule has 0 aromatic heterocycles. The molecule has 88 heavy (non-hydrogen) atoms. The minimum absolute atomic E-state index is 0.0413. The second-order valence-corrected chi connectivity index (χ2v) is 23.4. The second-order valence-electron chi connectivity index (χ2n) is 22.8. The lowest BCUT2D eigenvalue weighted by atomic mass is 9.67. The van der Waals surface area contributed by atoms with Crippen LogP contribution in [-0.4, -0.2) is 169 Å². The molecular weight excluding hydrogens is 1160 g/mol. The number of rotatable bonds is 27. The number of carbonyl (C=O) groups excluding carboxylic acids is 9. The summed E-state index contributed by atoms with van der Waals surface area (Å²) in [5.74, 6) is -1.52. The standard InChI is InChI=1S/C62H76N10O15S/c1-36-25-40-32-66-44-29-49(47(83-3)27-41(44)54(75)70(40)33-36)85-23-9-6-10-24-86-50-30-45-42(28-48(50)84-4)55(76)71-34-37(2)26-46(71)56(77)72(45)61(82)87-35-38-14-16-39(17-15-38)67-53(74)43(13-11-21-65-60(63)81)68-59(80)62(18-12-19-62)58(79)64-20-7-5-8-22-69-52(73)31-51(88)57(69)78/h14-17,27-30,32,40,43,46,51,56,77,88H,1-2,5-13,18-26,31,33-35H2,3-4H3,(H,64,79)(H,67,74)(H,68,80)(H3,63,65,81)/t40-,43-,46-,51?,56-/m0/s1. The van der Waals surface area contributed by atoms with Gasteiger partial charge in [0.2, 0.25) is 29.5 Å². The number of methoxy groups -OCH3 is 2. The van der Waals surface area contributed by atoms with Crippen LogP contribution in [0, 0.1) is 5.41 Å². The molecule has 3 saturated heterocycles. The molecule has 1 aliphatic carbocycles. The van der Waals surface area contributed by atoms with E-state index in [1.807, 2.05) is 0 Å². The lowest BCUT2D eigenvalue weighted by Crippen LogP contribution is -2.58. The lowest BCUT2D eigenvalue weighted by molar-refractivity contribution is -0.151. The Hall–Kier alpha value is -8.65. The molecule has 1 saturated carbocycles. The van der Waals surface area contributed by atoms with Crippen LogP contribution in [0.5, 0.6) is 23.0 Å². The van der Waals surface area contributed by atoms with Crippen LogP contribution in [0.4, 0.5) is 26.7 Å². The van der Waals surface area contributed by atoms with E-state index in [9.17, 15) is 48.3 Å². The monoisotopic (exact) mass is 1230 g/mol. The van der Waals surface area contributed by atoms with Gasteiger partial charge in [0.25, 0.3) is 11.8 Å². The normalized spacial score (nSPS) is 20.2. The maximum absolute atomic E-state index is 14.3. The number of nitrogens with one attached hydrogen (secondary N) is 4. The van der Waals surface area contributed by atoms with E-state index in [1.165, 1.54) is 36.2 Å². The Morgan fingerprint density at radius 1 is 0.773 bits per heavy atom. The smallest absolute Gasteiger partial charge is 0.416 e. The number of urea groups is 1. The van der Waals surface area contributed by atoms with Crippen LogP contribution in [0.2, 0.25) is 0 Å². The van der Waals surface area contributed by atoms with Gasteiger partial charge in [-0.15, -0.1) is 0 Å².